The fourth-order valence-corrected chi connectivity index (χ4v) is 2.31. The Bertz CT molecular complexity index is 671. The molecule has 0 saturated carbocycles. The van der Waals surface area contributed by atoms with E-state index in [1.54, 1.807) is 6.07 Å². The van der Waals surface area contributed by atoms with Gasteiger partial charge in [-0.1, -0.05) is 5.16 Å². The molecule has 0 radical (unpaired) electrons. The third kappa shape index (κ3) is 3.36. The Hall–Kier alpha value is -2.15. The van der Waals surface area contributed by atoms with Gasteiger partial charge < -0.3 is 19.3 Å². The summed E-state index contributed by atoms with van der Waals surface area (Å²) in [6, 6.07) is 7.39. The molecule has 0 unspecified atom stereocenters. The van der Waals surface area contributed by atoms with E-state index in [4.69, 9.17) is 14.0 Å². The van der Waals surface area contributed by atoms with Crippen LogP contribution >= 0.6 is 12.6 Å². The SMILES string of the molecule is O=C(CCS)NCc1cc(-c2ccc3c(c2)OCCO3)on1. The molecule has 2 aromatic rings. The second-order valence-corrected chi connectivity index (χ2v) is 5.24. The molecule has 22 heavy (non-hydrogen) atoms. The van der Waals surface area contributed by atoms with Crippen LogP contribution in [-0.2, 0) is 11.3 Å². The molecule has 3 rings (SSSR count). The van der Waals surface area contributed by atoms with Gasteiger partial charge in [0.2, 0.25) is 5.91 Å². The van der Waals surface area contributed by atoms with E-state index in [0.29, 0.717) is 49.1 Å². The van der Waals surface area contributed by atoms with Crippen LogP contribution in [0.3, 0.4) is 0 Å². The van der Waals surface area contributed by atoms with Crippen molar-refractivity contribution in [2.45, 2.75) is 13.0 Å². The summed E-state index contributed by atoms with van der Waals surface area (Å²) in [7, 11) is 0. The lowest BCUT2D eigenvalue weighted by Gasteiger charge is -2.18. The second-order valence-electron chi connectivity index (χ2n) is 4.79. The van der Waals surface area contributed by atoms with Crippen LogP contribution < -0.4 is 14.8 Å². The Morgan fingerprint density at radius 1 is 1.23 bits per heavy atom. The van der Waals surface area contributed by atoms with Crippen molar-refractivity contribution in [3.63, 3.8) is 0 Å². The fourth-order valence-electron chi connectivity index (χ4n) is 2.11. The number of nitrogens with zero attached hydrogens (tertiary/aromatic N) is 1. The molecule has 1 N–H and O–H groups in total. The quantitative estimate of drug-likeness (QED) is 0.825. The van der Waals surface area contributed by atoms with Gasteiger partial charge in [-0.05, 0) is 24.0 Å². The highest BCUT2D eigenvalue weighted by molar-refractivity contribution is 7.80. The van der Waals surface area contributed by atoms with Gasteiger partial charge in [0.15, 0.2) is 17.3 Å². The van der Waals surface area contributed by atoms with E-state index in [9.17, 15) is 4.79 Å². The molecular formula is C15H16N2O4S. The largest absolute Gasteiger partial charge is 0.486 e. The maximum Gasteiger partial charge on any atom is 0.221 e. The summed E-state index contributed by atoms with van der Waals surface area (Å²) >= 11 is 4.01. The first-order chi connectivity index (χ1) is 10.8. The van der Waals surface area contributed by atoms with E-state index in [2.05, 4.69) is 23.1 Å². The standard InChI is InChI=1S/C15H16N2O4S/c18-15(3-6-22)16-9-11-8-13(21-17-11)10-1-2-12-14(7-10)20-5-4-19-12/h1-2,7-8,22H,3-6,9H2,(H,16,18). The van der Waals surface area contributed by atoms with Crippen LogP contribution in [0.2, 0.25) is 0 Å². The average Bonchev–Trinajstić information content (AvgIpc) is 3.02. The molecule has 0 spiro atoms. The van der Waals surface area contributed by atoms with E-state index in [1.165, 1.54) is 0 Å². The van der Waals surface area contributed by atoms with Crippen LogP contribution in [0.25, 0.3) is 11.3 Å². The Morgan fingerprint density at radius 3 is 2.86 bits per heavy atom. The van der Waals surface area contributed by atoms with Gasteiger partial charge >= 0.3 is 0 Å². The summed E-state index contributed by atoms with van der Waals surface area (Å²) in [5.74, 6) is 2.51. The van der Waals surface area contributed by atoms with Crippen molar-refractivity contribution in [1.82, 2.24) is 10.5 Å². The number of amides is 1. The van der Waals surface area contributed by atoms with E-state index in [0.717, 1.165) is 11.3 Å². The number of fused-ring (bicyclic) bond motifs is 1. The lowest BCUT2D eigenvalue weighted by molar-refractivity contribution is -0.120. The highest BCUT2D eigenvalue weighted by atomic mass is 32.1. The number of rotatable bonds is 5. The normalized spacial score (nSPS) is 13.0. The second kappa shape index (κ2) is 6.74. The molecule has 0 aliphatic carbocycles. The maximum absolute atomic E-state index is 11.4. The highest BCUT2D eigenvalue weighted by Gasteiger charge is 2.14. The summed E-state index contributed by atoms with van der Waals surface area (Å²) in [5, 5.41) is 6.72. The zero-order valence-corrected chi connectivity index (χ0v) is 12.8. The smallest absolute Gasteiger partial charge is 0.221 e. The Balaban J connectivity index is 1.69. The van der Waals surface area contributed by atoms with Gasteiger partial charge in [0, 0.05) is 18.1 Å². The zero-order valence-electron chi connectivity index (χ0n) is 11.9. The summed E-state index contributed by atoms with van der Waals surface area (Å²) in [6.07, 6.45) is 0.385. The van der Waals surface area contributed by atoms with Gasteiger partial charge in [-0.15, -0.1) is 0 Å². The number of carbonyl (C=O) groups is 1. The molecule has 0 fully saturated rings. The number of aromatic nitrogens is 1. The van der Waals surface area contributed by atoms with Gasteiger partial charge in [-0.25, -0.2) is 0 Å². The molecule has 6 nitrogen and oxygen atoms in total. The molecule has 7 heteroatoms. The molecule has 116 valence electrons. The molecule has 1 aromatic heterocycles. The number of hydrogen-bond donors (Lipinski definition) is 2. The van der Waals surface area contributed by atoms with Gasteiger partial charge in [-0.3, -0.25) is 4.79 Å². The molecule has 1 aliphatic heterocycles. The molecule has 1 amide bonds. The average molecular weight is 320 g/mol. The van der Waals surface area contributed by atoms with Crippen LogP contribution in [0.5, 0.6) is 11.5 Å². The van der Waals surface area contributed by atoms with Gasteiger partial charge in [0.25, 0.3) is 0 Å². The van der Waals surface area contributed by atoms with E-state index in [-0.39, 0.29) is 5.91 Å². The molecular weight excluding hydrogens is 304 g/mol. The highest BCUT2D eigenvalue weighted by Crippen LogP contribution is 2.34. The van der Waals surface area contributed by atoms with Crippen LogP contribution in [0.15, 0.2) is 28.8 Å². The predicted octanol–water partition coefficient (Wildman–Crippen LogP) is 2.05. The van der Waals surface area contributed by atoms with Gasteiger partial charge in [0.1, 0.15) is 18.9 Å². The van der Waals surface area contributed by atoms with Crippen molar-refractivity contribution in [3.05, 3.63) is 30.0 Å². The summed E-state index contributed by atoms with van der Waals surface area (Å²) in [6.45, 7) is 1.43. The van der Waals surface area contributed by atoms with E-state index >= 15 is 0 Å². The number of hydrogen-bond acceptors (Lipinski definition) is 6. The number of ether oxygens (including phenoxy) is 2. The molecule has 0 saturated heterocycles. The molecule has 2 heterocycles. The first-order valence-corrected chi connectivity index (χ1v) is 7.62. The van der Waals surface area contributed by atoms with Crippen LogP contribution in [0.4, 0.5) is 0 Å². The third-order valence-electron chi connectivity index (χ3n) is 3.19. The minimum Gasteiger partial charge on any atom is -0.486 e. The first-order valence-electron chi connectivity index (χ1n) is 6.99. The monoisotopic (exact) mass is 320 g/mol. The maximum atomic E-state index is 11.4. The van der Waals surface area contributed by atoms with Crippen molar-refractivity contribution in [2.24, 2.45) is 0 Å². The van der Waals surface area contributed by atoms with Gasteiger partial charge in [0.05, 0.1) is 6.54 Å². The molecule has 0 atom stereocenters. The van der Waals surface area contributed by atoms with Crippen molar-refractivity contribution in [3.8, 4) is 22.8 Å². The van der Waals surface area contributed by atoms with E-state index in [1.807, 2.05) is 18.2 Å². The van der Waals surface area contributed by atoms with E-state index < -0.39 is 0 Å². The lowest BCUT2D eigenvalue weighted by atomic mass is 10.1. The minimum atomic E-state index is -0.0566. The van der Waals surface area contributed by atoms with Crippen LogP contribution in [-0.4, -0.2) is 30.0 Å². The minimum absolute atomic E-state index is 0.0566. The third-order valence-corrected chi connectivity index (χ3v) is 3.41. The number of carbonyl (C=O) groups excluding carboxylic acids is 1. The Labute approximate surface area is 133 Å². The Morgan fingerprint density at radius 2 is 2.05 bits per heavy atom. The summed E-state index contributed by atoms with van der Waals surface area (Å²) in [4.78, 5) is 11.4. The zero-order chi connectivity index (χ0) is 15.4. The molecule has 0 bridgehead atoms. The predicted molar refractivity (Wildman–Crippen MR) is 83.2 cm³/mol. The fraction of sp³-hybridized carbons (Fsp3) is 0.333. The number of nitrogens with one attached hydrogen (secondary N) is 1. The first kappa shape index (κ1) is 14.8. The van der Waals surface area contributed by atoms with Crippen molar-refractivity contribution >= 4 is 18.5 Å². The summed E-state index contributed by atoms with van der Waals surface area (Å²) in [5.41, 5.74) is 1.52. The summed E-state index contributed by atoms with van der Waals surface area (Å²) < 4.78 is 16.4. The van der Waals surface area contributed by atoms with Crippen LogP contribution in [0, 0.1) is 0 Å². The molecule has 1 aromatic carbocycles. The van der Waals surface area contributed by atoms with Crippen molar-refractivity contribution in [2.75, 3.05) is 19.0 Å². The Kier molecular flexibility index (Phi) is 4.53. The van der Waals surface area contributed by atoms with Crippen molar-refractivity contribution in [1.29, 1.82) is 0 Å². The molecule has 1 aliphatic rings. The van der Waals surface area contributed by atoms with Crippen molar-refractivity contribution < 1.29 is 18.8 Å². The number of benzene rings is 1. The topological polar surface area (TPSA) is 73.6 Å². The number of thiol groups is 1. The van der Waals surface area contributed by atoms with Gasteiger partial charge in [-0.2, -0.15) is 12.6 Å². The van der Waals surface area contributed by atoms with Crippen LogP contribution in [0.1, 0.15) is 12.1 Å². The lowest BCUT2D eigenvalue weighted by Crippen LogP contribution is -2.22.